The second-order valence-corrected chi connectivity index (χ2v) is 31.7. The van der Waals surface area contributed by atoms with Crippen molar-refractivity contribution >= 4 is 36.0 Å². The molecule has 4 saturated carbocycles. The minimum Gasteiger partial charge on any atom is -0.356 e. The molecule has 4 fully saturated rings. The van der Waals surface area contributed by atoms with Gasteiger partial charge < -0.3 is 10.6 Å². The molecule has 0 saturated heterocycles. The molecule has 6 aliphatic rings. The first-order chi connectivity index (χ1) is 37.0. The summed E-state index contributed by atoms with van der Waals surface area (Å²) in [6, 6.07) is 4.39. The largest absolute Gasteiger partial charge is 0.356 e. The van der Waals surface area contributed by atoms with Crippen LogP contribution in [0.15, 0.2) is 46.6 Å². The minimum atomic E-state index is -0.727. The first kappa shape index (κ1) is 64.7. The molecule has 10 heteroatoms. The summed E-state index contributed by atoms with van der Waals surface area (Å²) in [5.41, 5.74) is -2.14. The highest BCUT2D eigenvalue weighted by Crippen LogP contribution is 2.71. The smallest absolute Gasteiger partial charge is 0.226 e. The summed E-state index contributed by atoms with van der Waals surface area (Å²) in [4.78, 5) is 81.0. The van der Waals surface area contributed by atoms with E-state index < -0.39 is 32.5 Å². The summed E-state index contributed by atoms with van der Waals surface area (Å²) in [6.45, 7) is 36.2. The Hall–Kier alpha value is -4.44. The highest BCUT2D eigenvalue weighted by atomic mass is 16.2. The van der Waals surface area contributed by atoms with E-state index in [1.54, 1.807) is 12.2 Å². The zero-order valence-electron chi connectivity index (χ0n) is 52.9. The van der Waals surface area contributed by atoms with Crippen LogP contribution in [0.1, 0.15) is 252 Å². The van der Waals surface area contributed by atoms with Gasteiger partial charge in [0.2, 0.25) is 11.8 Å². The number of aldehydes is 2. The monoisotopic (exact) mass is 1100 g/mol. The predicted octanol–water partition coefficient (Wildman–Crippen LogP) is 15.6. The van der Waals surface area contributed by atoms with E-state index in [0.717, 1.165) is 165 Å². The lowest BCUT2D eigenvalue weighted by molar-refractivity contribution is -0.140. The fourth-order valence-corrected chi connectivity index (χ4v) is 17.7. The third-order valence-electron chi connectivity index (χ3n) is 23.8. The van der Waals surface area contributed by atoms with Gasteiger partial charge in [-0.15, -0.1) is 0 Å². The zero-order chi connectivity index (χ0) is 59.8. The van der Waals surface area contributed by atoms with Crippen LogP contribution in [-0.4, -0.2) is 49.0 Å². The first-order valence-corrected chi connectivity index (χ1v) is 31.3. The summed E-state index contributed by atoms with van der Waals surface area (Å²) in [5.74, 6) is 0.0636. The molecule has 6 rings (SSSR count). The summed E-state index contributed by atoms with van der Waals surface area (Å²) >= 11 is 0. The third-order valence-corrected chi connectivity index (χ3v) is 23.8. The minimum absolute atomic E-state index is 0.0290. The quantitative estimate of drug-likeness (QED) is 0.0730. The molecule has 2 amide bonds. The van der Waals surface area contributed by atoms with Crippen molar-refractivity contribution in [1.29, 1.82) is 10.5 Å². The number of fused-ring (bicyclic) bond motifs is 2. The van der Waals surface area contributed by atoms with Crippen LogP contribution in [0.4, 0.5) is 0 Å². The van der Waals surface area contributed by atoms with Gasteiger partial charge in [0.25, 0.3) is 0 Å². The topological polar surface area (TPSA) is 174 Å². The molecule has 0 aromatic carbocycles. The lowest BCUT2D eigenvalue weighted by Gasteiger charge is -2.63. The molecule has 2 N–H and O–H groups in total. The lowest BCUT2D eigenvalue weighted by atomic mass is 9.40. The number of carbonyl (C=O) groups excluding carboxylic acids is 6. The van der Waals surface area contributed by atoms with Crippen molar-refractivity contribution in [2.75, 3.05) is 13.1 Å². The van der Waals surface area contributed by atoms with Gasteiger partial charge in [0, 0.05) is 45.6 Å². The molecule has 0 aromatic heterocycles. The van der Waals surface area contributed by atoms with Crippen molar-refractivity contribution in [3.63, 3.8) is 0 Å². The Balaban J connectivity index is 1.01. The molecular formula is C70H106N4O6. The van der Waals surface area contributed by atoms with Gasteiger partial charge in [-0.3, -0.25) is 28.8 Å². The van der Waals surface area contributed by atoms with Gasteiger partial charge in [-0.1, -0.05) is 160 Å². The summed E-state index contributed by atoms with van der Waals surface area (Å²) in [6.07, 6.45) is 28.4. The van der Waals surface area contributed by atoms with Crippen molar-refractivity contribution in [2.24, 2.45) is 76.8 Å². The van der Waals surface area contributed by atoms with Gasteiger partial charge in [0.1, 0.15) is 24.7 Å². The highest BCUT2D eigenvalue weighted by molar-refractivity contribution is 6.05. The predicted molar refractivity (Wildman–Crippen MR) is 320 cm³/mol. The van der Waals surface area contributed by atoms with Crippen molar-refractivity contribution in [3.05, 3.63) is 46.6 Å². The Kier molecular flexibility index (Phi) is 18.9. The summed E-state index contributed by atoms with van der Waals surface area (Å²) in [5, 5.41) is 27.0. The lowest BCUT2D eigenvalue weighted by Crippen LogP contribution is -2.57. The van der Waals surface area contributed by atoms with Crippen molar-refractivity contribution in [2.45, 2.75) is 252 Å². The molecule has 0 aromatic rings. The SMILES string of the molecule is CC(C)(C)CCC1(C(=O)NCCCCCCCCNC(=O)C2(CCC(C)(C)C)CCC(C)([C@]3(C)CC[C@H]4C(C)(C)C(=O)C(C#N)=C[C@]4(C)/C3=C/C=O)CC2)CCC(C)([C@]2(C)CC[C@H]3C(C)(C)C(=O)C(C#N)=C[C@]3(C)/C2=C/C=O)CC1. The fraction of sp³-hybridized carbons (Fsp3) is 0.771. The van der Waals surface area contributed by atoms with Crippen LogP contribution in [0.2, 0.25) is 0 Å². The molecule has 6 aliphatic carbocycles. The Morgan fingerprint density at radius 3 is 1.12 bits per heavy atom. The van der Waals surface area contributed by atoms with Gasteiger partial charge in [0.15, 0.2) is 11.6 Å². The number of ketones is 2. The highest BCUT2D eigenvalue weighted by Gasteiger charge is 2.65. The number of allylic oxidation sites excluding steroid dienone is 8. The standard InChI is InChI=1S/C70H106N4O6/c1-59(2,3)29-35-69(37-31-63(11,32-38-69)67(15)27-23-51-61(7,8)55(77)49(47-71)45-65(51,13)53(67)25-43-75)57(79)73-41-21-19-17-18-20-22-42-74-58(80)70(36-30-60(4,5)6)39-33-64(12,34-40-70)68(16)28-24-52-62(9,10)56(78)50(48-72)46-66(52,14)54(68)26-44-76/h25-26,43-46,51-52H,17-24,27-42H2,1-16H3,(H,73,79)(H,74,80)/b53-25-,54-26-/t51-,52-,63?,64?,65-,66-,67+,68+,69?,70?/m0/s1. The van der Waals surface area contributed by atoms with E-state index in [1.807, 2.05) is 39.8 Å². The molecule has 10 nitrogen and oxygen atoms in total. The van der Waals surface area contributed by atoms with E-state index in [1.165, 1.54) is 0 Å². The Labute approximate surface area is 484 Å². The van der Waals surface area contributed by atoms with Crippen molar-refractivity contribution < 1.29 is 28.8 Å². The third kappa shape index (κ3) is 11.9. The number of nitrogens with one attached hydrogen (secondary N) is 2. The average molecular weight is 1100 g/mol. The molecule has 0 unspecified atom stereocenters. The van der Waals surface area contributed by atoms with E-state index in [4.69, 9.17) is 0 Å². The van der Waals surface area contributed by atoms with Crippen LogP contribution in [0, 0.1) is 99.5 Å². The van der Waals surface area contributed by atoms with Gasteiger partial charge in [-0.2, -0.15) is 10.5 Å². The van der Waals surface area contributed by atoms with Gasteiger partial charge in [0.05, 0.1) is 11.1 Å². The number of nitriles is 2. The molecule has 0 bridgehead atoms. The van der Waals surface area contributed by atoms with Crippen LogP contribution in [0.5, 0.6) is 0 Å². The number of hydrogen-bond donors (Lipinski definition) is 2. The molecule has 0 heterocycles. The van der Waals surface area contributed by atoms with Crippen LogP contribution < -0.4 is 10.6 Å². The van der Waals surface area contributed by atoms with E-state index >= 15 is 0 Å². The van der Waals surface area contributed by atoms with E-state index in [0.29, 0.717) is 13.1 Å². The van der Waals surface area contributed by atoms with E-state index in [2.05, 4.69) is 106 Å². The number of carbonyl (C=O) groups is 6. The maximum absolute atomic E-state index is 14.5. The maximum atomic E-state index is 14.5. The normalized spacial score (nSPS) is 37.0. The maximum Gasteiger partial charge on any atom is 0.226 e. The molecule has 6 atom stereocenters. The van der Waals surface area contributed by atoms with E-state index in [9.17, 15) is 39.3 Å². The van der Waals surface area contributed by atoms with Crippen LogP contribution in [-0.2, 0) is 28.8 Å². The number of Topliss-reactive ketones (excluding diaryl/α,β-unsaturated/α-hetero) is 2. The van der Waals surface area contributed by atoms with Crippen LogP contribution >= 0.6 is 0 Å². The Morgan fingerprint density at radius 2 is 0.838 bits per heavy atom. The number of rotatable bonds is 19. The number of nitrogens with zero attached hydrogens (tertiary/aromatic N) is 2. The first-order valence-electron chi connectivity index (χ1n) is 31.3. The van der Waals surface area contributed by atoms with Crippen molar-refractivity contribution in [3.8, 4) is 12.1 Å². The number of unbranched alkanes of at least 4 members (excludes halogenated alkanes) is 5. The fourth-order valence-electron chi connectivity index (χ4n) is 17.7. The molecular weight excluding hydrogens is 993 g/mol. The zero-order valence-corrected chi connectivity index (χ0v) is 52.9. The van der Waals surface area contributed by atoms with Gasteiger partial charge in [-0.05, 0) is 172 Å². The van der Waals surface area contributed by atoms with Crippen LogP contribution in [0.25, 0.3) is 0 Å². The molecule has 0 radical (unpaired) electrons. The van der Waals surface area contributed by atoms with Crippen LogP contribution in [0.3, 0.4) is 0 Å². The van der Waals surface area contributed by atoms with Gasteiger partial charge >= 0.3 is 0 Å². The second kappa shape index (κ2) is 23.3. The molecule has 442 valence electrons. The summed E-state index contributed by atoms with van der Waals surface area (Å²) in [7, 11) is 0. The number of hydrogen-bond acceptors (Lipinski definition) is 8. The Bertz CT molecular complexity index is 2420. The van der Waals surface area contributed by atoms with Gasteiger partial charge in [-0.25, -0.2) is 0 Å². The van der Waals surface area contributed by atoms with Crippen molar-refractivity contribution in [1.82, 2.24) is 10.6 Å². The number of amides is 2. The average Bonchev–Trinajstić information content (AvgIpc) is 3.57. The Morgan fingerprint density at radius 1 is 0.525 bits per heavy atom. The summed E-state index contributed by atoms with van der Waals surface area (Å²) < 4.78 is 0. The molecule has 0 spiro atoms. The second-order valence-electron chi connectivity index (χ2n) is 31.7. The molecule has 0 aliphatic heterocycles. The molecule has 80 heavy (non-hydrogen) atoms. The van der Waals surface area contributed by atoms with E-state index in [-0.39, 0.29) is 78.9 Å².